The number of nitrogens with zero attached hydrogens (tertiary/aromatic N) is 3. The van der Waals surface area contributed by atoms with Crippen LogP contribution in [0.25, 0.3) is 10.9 Å². The number of nitrogens with one attached hydrogen (secondary N) is 1. The first-order valence-electron chi connectivity index (χ1n) is 10.2. The van der Waals surface area contributed by atoms with Gasteiger partial charge in [0, 0.05) is 17.5 Å². The van der Waals surface area contributed by atoms with Crippen molar-refractivity contribution in [3.63, 3.8) is 0 Å². The molecule has 0 spiro atoms. The molecule has 2 N–H and O–H groups in total. The van der Waals surface area contributed by atoms with Crippen LogP contribution in [0.1, 0.15) is 30.8 Å². The van der Waals surface area contributed by atoms with Gasteiger partial charge in [0.1, 0.15) is 23.1 Å². The molecule has 0 saturated heterocycles. The second-order valence-corrected chi connectivity index (χ2v) is 10.6. The first-order chi connectivity index (χ1) is 15.1. The number of anilines is 1. The Kier molecular flexibility index (Phi) is 5.94. The highest BCUT2D eigenvalue weighted by Crippen LogP contribution is 2.41. The van der Waals surface area contributed by atoms with Gasteiger partial charge in [-0.25, -0.2) is 14.4 Å². The van der Waals surface area contributed by atoms with Crippen molar-refractivity contribution < 1.29 is 18.3 Å². The van der Waals surface area contributed by atoms with Gasteiger partial charge in [0.25, 0.3) is 0 Å². The molecule has 0 saturated carbocycles. The van der Waals surface area contributed by atoms with E-state index in [1.54, 1.807) is 13.1 Å². The van der Waals surface area contributed by atoms with Crippen molar-refractivity contribution in [2.75, 3.05) is 17.6 Å². The number of allylic oxidation sites excluding steroid dienone is 2. The summed E-state index contributed by atoms with van der Waals surface area (Å²) in [5, 5.41) is 13.7. The second kappa shape index (κ2) is 8.41. The zero-order valence-electron chi connectivity index (χ0n) is 18.0. The highest BCUT2D eigenvalue weighted by Gasteiger charge is 2.48. The van der Waals surface area contributed by atoms with E-state index in [0.717, 1.165) is 43.1 Å². The summed E-state index contributed by atoms with van der Waals surface area (Å²) in [6, 6.07) is 5.75. The molecule has 0 radical (unpaired) electrons. The van der Waals surface area contributed by atoms with Crippen molar-refractivity contribution in [1.29, 1.82) is 0 Å². The topological polar surface area (TPSA) is 70.9 Å². The third-order valence-corrected chi connectivity index (χ3v) is 7.65. The lowest BCUT2D eigenvalue weighted by Crippen LogP contribution is -2.41. The van der Waals surface area contributed by atoms with E-state index in [2.05, 4.69) is 32.4 Å². The van der Waals surface area contributed by atoms with Crippen molar-refractivity contribution >= 4 is 30.1 Å². The lowest BCUT2D eigenvalue weighted by Gasteiger charge is -2.30. The van der Waals surface area contributed by atoms with Crippen LogP contribution >= 0.6 is 7.92 Å². The van der Waals surface area contributed by atoms with Gasteiger partial charge in [0.15, 0.2) is 0 Å². The van der Waals surface area contributed by atoms with Crippen LogP contribution < -0.4 is 10.8 Å². The van der Waals surface area contributed by atoms with Gasteiger partial charge >= 0.3 is 5.92 Å². The van der Waals surface area contributed by atoms with Crippen molar-refractivity contribution in [3.8, 4) is 0 Å². The van der Waals surface area contributed by atoms with Gasteiger partial charge in [0.05, 0.1) is 22.7 Å². The zero-order valence-corrected chi connectivity index (χ0v) is 18.9. The van der Waals surface area contributed by atoms with Gasteiger partial charge in [0.2, 0.25) is 0 Å². The summed E-state index contributed by atoms with van der Waals surface area (Å²) in [6.07, 6.45) is 7.99. The summed E-state index contributed by atoms with van der Waals surface area (Å²) in [5.41, 5.74) is -1.54. The maximum absolute atomic E-state index is 15.0. The highest BCUT2D eigenvalue weighted by atomic mass is 31.1. The Morgan fingerprint density at radius 1 is 1.16 bits per heavy atom. The molecule has 168 valence electrons. The summed E-state index contributed by atoms with van der Waals surface area (Å²) in [6.45, 7) is 3.61. The fraction of sp³-hybridized carbons (Fsp3) is 0.348. The molecule has 0 bridgehead atoms. The Morgan fingerprint density at radius 2 is 1.88 bits per heavy atom. The molecule has 5 nitrogen and oxygen atoms in total. The molecule has 0 fully saturated rings. The van der Waals surface area contributed by atoms with E-state index < -0.39 is 30.8 Å². The molecule has 9 heteroatoms. The minimum absolute atomic E-state index is 0.0505. The van der Waals surface area contributed by atoms with E-state index in [9.17, 15) is 18.3 Å². The van der Waals surface area contributed by atoms with Crippen LogP contribution in [-0.2, 0) is 12.5 Å². The predicted octanol–water partition coefficient (Wildman–Crippen LogP) is 4.62. The first kappa shape index (κ1) is 22.6. The number of hydrogen-bond donors (Lipinski definition) is 2. The number of aryl methyl sites for hydroxylation is 1. The van der Waals surface area contributed by atoms with E-state index in [-0.39, 0.29) is 12.1 Å². The van der Waals surface area contributed by atoms with E-state index in [4.69, 9.17) is 0 Å². The van der Waals surface area contributed by atoms with Crippen LogP contribution in [0.2, 0.25) is 0 Å². The normalized spacial score (nSPS) is 15.0. The van der Waals surface area contributed by atoms with Gasteiger partial charge in [-0.15, -0.1) is 0 Å². The monoisotopic (exact) mass is 460 g/mol. The number of rotatable bonds is 6. The first-order valence-corrected chi connectivity index (χ1v) is 12.0. The summed E-state index contributed by atoms with van der Waals surface area (Å²) >= 11 is 0. The third kappa shape index (κ3) is 4.21. The molecule has 3 aromatic rings. The standard InChI is InChI=1S/C23H24F3N4OP/c1-14-29-18-13-27-19(32-9-4-5-10-32)11-16(18)21(30-14)28-12-15-7-6-8-17(20(15)24)23(25,26)22(2,3)31/h4-8,11,13,31H,9-10,12H2,1-3H3,(H,28,29,30). The smallest absolute Gasteiger partial charge is 0.303 e. The van der Waals surface area contributed by atoms with Crippen LogP contribution in [-0.4, -0.2) is 38.0 Å². The average molecular weight is 460 g/mol. The number of benzene rings is 1. The lowest BCUT2D eigenvalue weighted by molar-refractivity contribution is -0.170. The largest absolute Gasteiger partial charge is 0.384 e. The molecule has 1 aromatic carbocycles. The maximum atomic E-state index is 15.0. The van der Waals surface area contributed by atoms with Gasteiger partial charge in [-0.2, -0.15) is 8.78 Å². The molecule has 3 heterocycles. The Bertz CT molecular complexity index is 1190. The van der Waals surface area contributed by atoms with Gasteiger partial charge in [-0.05, 0) is 53.1 Å². The SMILES string of the molecule is Cc1nc(NCc2cccc(C(F)(F)C(C)(C)O)c2F)c2cc(P3CC=CC3)ncc2n1. The summed E-state index contributed by atoms with van der Waals surface area (Å²) in [5.74, 6) is -3.78. The van der Waals surface area contributed by atoms with E-state index in [1.165, 1.54) is 12.1 Å². The summed E-state index contributed by atoms with van der Waals surface area (Å²) in [4.78, 5) is 13.5. The van der Waals surface area contributed by atoms with Crippen LogP contribution in [0.3, 0.4) is 0 Å². The predicted molar refractivity (Wildman–Crippen MR) is 121 cm³/mol. The zero-order chi connectivity index (χ0) is 23.1. The van der Waals surface area contributed by atoms with E-state index in [1.807, 2.05) is 6.07 Å². The van der Waals surface area contributed by atoms with Crippen LogP contribution in [0, 0.1) is 12.7 Å². The number of halogens is 3. The molecule has 4 rings (SSSR count). The Labute approximate surface area is 185 Å². The number of aromatic nitrogens is 3. The molecule has 1 aliphatic heterocycles. The molecular formula is C23H24F3N4OP. The van der Waals surface area contributed by atoms with Crippen molar-refractivity contribution in [1.82, 2.24) is 15.0 Å². The quantitative estimate of drug-likeness (QED) is 0.415. The van der Waals surface area contributed by atoms with Crippen molar-refractivity contribution in [2.24, 2.45) is 0 Å². The second-order valence-electron chi connectivity index (χ2n) is 8.32. The Hall–Kier alpha value is -2.57. The highest BCUT2D eigenvalue weighted by molar-refractivity contribution is 7.66. The number of alkyl halides is 2. The molecule has 32 heavy (non-hydrogen) atoms. The Morgan fingerprint density at radius 3 is 2.56 bits per heavy atom. The average Bonchev–Trinajstić information content (AvgIpc) is 3.26. The number of aliphatic hydroxyl groups is 1. The number of hydrogen-bond acceptors (Lipinski definition) is 5. The maximum Gasteiger partial charge on any atom is 0.303 e. The van der Waals surface area contributed by atoms with E-state index in [0.29, 0.717) is 17.2 Å². The molecule has 2 aromatic heterocycles. The van der Waals surface area contributed by atoms with E-state index >= 15 is 0 Å². The van der Waals surface area contributed by atoms with Gasteiger partial charge in [-0.3, -0.25) is 4.98 Å². The van der Waals surface area contributed by atoms with Crippen LogP contribution in [0.5, 0.6) is 0 Å². The number of fused-ring (bicyclic) bond motifs is 1. The fourth-order valence-electron chi connectivity index (χ4n) is 3.58. The van der Waals surface area contributed by atoms with Gasteiger partial charge < -0.3 is 10.4 Å². The van der Waals surface area contributed by atoms with Crippen molar-refractivity contribution in [2.45, 2.75) is 38.8 Å². The van der Waals surface area contributed by atoms with Crippen molar-refractivity contribution in [3.05, 3.63) is 65.4 Å². The molecule has 0 aliphatic carbocycles. The van der Waals surface area contributed by atoms with Crippen LogP contribution in [0.15, 0.2) is 42.6 Å². The number of pyridine rings is 1. The molecule has 0 unspecified atom stereocenters. The molecule has 1 aliphatic rings. The fourth-order valence-corrected chi connectivity index (χ4v) is 5.44. The molecular weight excluding hydrogens is 436 g/mol. The molecule has 0 amide bonds. The Balaban J connectivity index is 1.66. The minimum atomic E-state index is -3.75. The van der Waals surface area contributed by atoms with Gasteiger partial charge in [-0.1, -0.05) is 24.3 Å². The summed E-state index contributed by atoms with van der Waals surface area (Å²) < 4.78 is 44.1. The van der Waals surface area contributed by atoms with Crippen LogP contribution in [0.4, 0.5) is 19.0 Å². The summed E-state index contributed by atoms with van der Waals surface area (Å²) in [7, 11) is -0.393. The lowest BCUT2D eigenvalue weighted by atomic mass is 9.92. The third-order valence-electron chi connectivity index (χ3n) is 5.45. The minimum Gasteiger partial charge on any atom is -0.384 e. The molecule has 0 atom stereocenters.